The summed E-state index contributed by atoms with van der Waals surface area (Å²) in [4.78, 5) is 0. The average Bonchev–Trinajstić information content (AvgIpc) is 2.10. The molecule has 0 spiro atoms. The second-order valence-corrected chi connectivity index (χ2v) is 4.00. The quantitative estimate of drug-likeness (QED) is 0.858. The van der Waals surface area contributed by atoms with Crippen LogP contribution in [0.5, 0.6) is 5.75 Å². The molecule has 0 atom stereocenters. The predicted molar refractivity (Wildman–Crippen MR) is 61.8 cm³/mol. The first kappa shape index (κ1) is 11.5. The van der Waals surface area contributed by atoms with Crippen molar-refractivity contribution in [3.8, 4) is 5.75 Å². The third-order valence-electron chi connectivity index (χ3n) is 1.64. The molecule has 1 N–H and O–H groups in total. The third-order valence-corrected chi connectivity index (χ3v) is 2.20. The van der Waals surface area contributed by atoms with Crippen LogP contribution in [-0.4, -0.2) is 13.2 Å². The first-order valence-electron chi connectivity index (χ1n) is 4.38. The summed E-state index contributed by atoms with van der Waals surface area (Å²) >= 11 is 12.0. The van der Waals surface area contributed by atoms with E-state index in [9.17, 15) is 0 Å². The molecule has 0 radical (unpaired) electrons. The molecule has 0 aromatic heterocycles. The lowest BCUT2D eigenvalue weighted by Crippen LogP contribution is -2.06. The van der Waals surface area contributed by atoms with E-state index in [4.69, 9.17) is 27.9 Å². The van der Waals surface area contributed by atoms with Crippen LogP contribution < -0.4 is 10.1 Å². The topological polar surface area (TPSA) is 21.3 Å². The van der Waals surface area contributed by atoms with Gasteiger partial charge in [0.25, 0.3) is 0 Å². The Morgan fingerprint density at radius 1 is 1.21 bits per heavy atom. The van der Waals surface area contributed by atoms with E-state index in [1.165, 1.54) is 0 Å². The maximum atomic E-state index is 6.01. The van der Waals surface area contributed by atoms with Crippen molar-refractivity contribution >= 4 is 28.9 Å². The number of nitrogens with one attached hydrogen (secondary N) is 1. The Hall–Kier alpha value is -0.600. The lowest BCUT2D eigenvalue weighted by Gasteiger charge is -2.14. The van der Waals surface area contributed by atoms with Crippen LogP contribution in [0.25, 0.3) is 0 Å². The van der Waals surface area contributed by atoms with Crippen molar-refractivity contribution in [1.29, 1.82) is 0 Å². The minimum atomic E-state index is 0.0606. The van der Waals surface area contributed by atoms with Gasteiger partial charge in [0.05, 0.1) is 16.1 Å². The highest BCUT2D eigenvalue weighted by atomic mass is 35.5. The fourth-order valence-corrected chi connectivity index (χ4v) is 1.63. The zero-order chi connectivity index (χ0) is 10.7. The van der Waals surface area contributed by atoms with E-state index in [2.05, 4.69) is 5.32 Å². The summed E-state index contributed by atoms with van der Waals surface area (Å²) in [6.45, 7) is 3.86. The molecule has 14 heavy (non-hydrogen) atoms. The van der Waals surface area contributed by atoms with Crippen LogP contribution >= 0.6 is 23.2 Å². The lowest BCUT2D eigenvalue weighted by atomic mass is 10.3. The van der Waals surface area contributed by atoms with Crippen LogP contribution in [0.2, 0.25) is 10.0 Å². The zero-order valence-electron chi connectivity index (χ0n) is 8.40. The zero-order valence-corrected chi connectivity index (χ0v) is 9.91. The van der Waals surface area contributed by atoms with Crippen molar-refractivity contribution in [1.82, 2.24) is 0 Å². The van der Waals surface area contributed by atoms with Gasteiger partial charge in [-0.1, -0.05) is 23.2 Å². The summed E-state index contributed by atoms with van der Waals surface area (Å²) in [6.07, 6.45) is 0.0606. The molecule has 1 aromatic carbocycles. The highest BCUT2D eigenvalue weighted by molar-refractivity contribution is 6.37. The molecule has 1 aromatic rings. The largest absolute Gasteiger partial charge is 0.488 e. The van der Waals surface area contributed by atoms with Crippen LogP contribution in [-0.2, 0) is 0 Å². The Morgan fingerprint density at radius 3 is 2.07 bits per heavy atom. The van der Waals surface area contributed by atoms with Crippen molar-refractivity contribution in [2.45, 2.75) is 20.0 Å². The van der Waals surface area contributed by atoms with Crippen LogP contribution in [0, 0.1) is 0 Å². The summed E-state index contributed by atoms with van der Waals surface area (Å²) in [6, 6.07) is 3.57. The van der Waals surface area contributed by atoms with Crippen LogP contribution in [0.3, 0.4) is 0 Å². The highest BCUT2D eigenvalue weighted by Crippen LogP contribution is 2.36. The Bertz CT molecular complexity index is 303. The molecule has 0 aliphatic heterocycles. The van der Waals surface area contributed by atoms with Crippen molar-refractivity contribution < 1.29 is 4.74 Å². The van der Waals surface area contributed by atoms with Crippen LogP contribution in [0.1, 0.15) is 13.8 Å². The van der Waals surface area contributed by atoms with E-state index in [-0.39, 0.29) is 6.10 Å². The van der Waals surface area contributed by atoms with Gasteiger partial charge in [0.2, 0.25) is 0 Å². The number of hydrogen-bond acceptors (Lipinski definition) is 2. The van der Waals surface area contributed by atoms with Gasteiger partial charge in [0, 0.05) is 12.7 Å². The summed E-state index contributed by atoms with van der Waals surface area (Å²) in [5.74, 6) is 0.544. The van der Waals surface area contributed by atoms with Crippen LogP contribution in [0.4, 0.5) is 5.69 Å². The van der Waals surface area contributed by atoms with Crippen molar-refractivity contribution in [2.75, 3.05) is 12.4 Å². The van der Waals surface area contributed by atoms with E-state index in [0.717, 1.165) is 5.69 Å². The monoisotopic (exact) mass is 233 g/mol. The number of anilines is 1. The molecule has 0 saturated carbocycles. The average molecular weight is 234 g/mol. The third kappa shape index (κ3) is 2.69. The lowest BCUT2D eigenvalue weighted by molar-refractivity contribution is 0.243. The van der Waals surface area contributed by atoms with E-state index < -0.39 is 0 Å². The standard InChI is InChI=1S/C10H13Cl2NO/c1-6(2)14-10-8(11)4-7(13-3)5-9(10)12/h4-6,13H,1-3H3. The molecule has 78 valence electrons. The Kier molecular flexibility index (Phi) is 3.90. The number of hydrogen-bond donors (Lipinski definition) is 1. The maximum absolute atomic E-state index is 6.01. The molecule has 1 rings (SSSR count). The summed E-state index contributed by atoms with van der Waals surface area (Å²) in [7, 11) is 1.81. The van der Waals surface area contributed by atoms with E-state index in [0.29, 0.717) is 15.8 Å². The molecule has 0 saturated heterocycles. The minimum Gasteiger partial charge on any atom is -0.488 e. The smallest absolute Gasteiger partial charge is 0.156 e. The van der Waals surface area contributed by atoms with Gasteiger partial charge in [0.15, 0.2) is 5.75 Å². The first-order chi connectivity index (χ1) is 6.54. The highest BCUT2D eigenvalue weighted by Gasteiger charge is 2.10. The van der Waals surface area contributed by atoms with Crippen molar-refractivity contribution in [3.63, 3.8) is 0 Å². The Morgan fingerprint density at radius 2 is 1.71 bits per heavy atom. The van der Waals surface area contributed by atoms with E-state index in [1.807, 2.05) is 20.9 Å². The van der Waals surface area contributed by atoms with Gasteiger partial charge in [-0.2, -0.15) is 0 Å². The first-order valence-corrected chi connectivity index (χ1v) is 5.13. The normalized spacial score (nSPS) is 10.4. The summed E-state index contributed by atoms with van der Waals surface area (Å²) < 4.78 is 5.48. The fraction of sp³-hybridized carbons (Fsp3) is 0.400. The van der Waals surface area contributed by atoms with Crippen molar-refractivity contribution in [3.05, 3.63) is 22.2 Å². The van der Waals surface area contributed by atoms with Crippen molar-refractivity contribution in [2.24, 2.45) is 0 Å². The maximum Gasteiger partial charge on any atom is 0.156 e. The number of rotatable bonds is 3. The van der Waals surface area contributed by atoms with Gasteiger partial charge >= 0.3 is 0 Å². The number of ether oxygens (including phenoxy) is 1. The number of halogens is 2. The second-order valence-electron chi connectivity index (χ2n) is 3.19. The molecule has 0 unspecified atom stereocenters. The molecule has 4 heteroatoms. The summed E-state index contributed by atoms with van der Waals surface area (Å²) in [5.41, 5.74) is 0.871. The number of benzene rings is 1. The second kappa shape index (κ2) is 4.76. The summed E-state index contributed by atoms with van der Waals surface area (Å²) in [5, 5.41) is 4.01. The molecule has 0 fully saturated rings. The fourth-order valence-electron chi connectivity index (χ4n) is 1.05. The molecule has 0 amide bonds. The molecule has 0 aliphatic carbocycles. The molecular weight excluding hydrogens is 221 g/mol. The predicted octanol–water partition coefficient (Wildman–Crippen LogP) is 3.82. The minimum absolute atomic E-state index is 0.0606. The molecule has 2 nitrogen and oxygen atoms in total. The van der Waals surface area contributed by atoms with Crippen LogP contribution in [0.15, 0.2) is 12.1 Å². The van der Waals surface area contributed by atoms with Gasteiger partial charge in [-0.25, -0.2) is 0 Å². The molecule has 0 aliphatic rings. The van der Waals surface area contributed by atoms with E-state index >= 15 is 0 Å². The van der Waals surface area contributed by atoms with Gasteiger partial charge in [-0.05, 0) is 26.0 Å². The van der Waals surface area contributed by atoms with E-state index in [1.54, 1.807) is 12.1 Å². The SMILES string of the molecule is CNc1cc(Cl)c(OC(C)C)c(Cl)c1. The van der Waals surface area contributed by atoms with Gasteiger partial charge in [0.1, 0.15) is 0 Å². The molecule has 0 heterocycles. The Labute approximate surface area is 94.2 Å². The van der Waals surface area contributed by atoms with Gasteiger partial charge < -0.3 is 10.1 Å². The van der Waals surface area contributed by atoms with Gasteiger partial charge in [-0.3, -0.25) is 0 Å². The molecule has 0 bridgehead atoms. The van der Waals surface area contributed by atoms with Gasteiger partial charge in [-0.15, -0.1) is 0 Å². The molecular formula is C10H13Cl2NO. The Balaban J connectivity index is 3.05.